The van der Waals surface area contributed by atoms with Crippen LogP contribution in [0, 0.1) is 21.7 Å². The first-order valence-electron chi connectivity index (χ1n) is 3.31. The van der Waals surface area contributed by atoms with Crippen molar-refractivity contribution in [3.8, 4) is 0 Å². The lowest BCUT2D eigenvalue weighted by atomic mass is 10.3. The molecular weight excluding hydrogens is 256 g/mol. The molecule has 0 radical (unpaired) electrons. The van der Waals surface area contributed by atoms with E-state index in [1.807, 2.05) is 0 Å². The smallest absolute Gasteiger partial charge is 0.258 e. The molecule has 1 aromatic carbocycles. The van der Waals surface area contributed by atoms with Crippen molar-refractivity contribution in [3.05, 3.63) is 33.9 Å². The van der Waals surface area contributed by atoms with Gasteiger partial charge >= 0.3 is 0 Å². The lowest BCUT2D eigenvalue weighted by Gasteiger charge is -1.99. The molecule has 1 rings (SSSR count). The predicted octanol–water partition coefficient (Wildman–Crippen LogP) is 1.80. The highest BCUT2D eigenvalue weighted by molar-refractivity contribution is 8.13. The first-order chi connectivity index (χ1) is 6.73. The van der Waals surface area contributed by atoms with Gasteiger partial charge in [0.05, 0.1) is 11.0 Å². The van der Waals surface area contributed by atoms with E-state index in [2.05, 4.69) is 0 Å². The maximum Gasteiger partial charge on any atom is 0.273 e. The molecule has 0 heterocycles. The normalized spacial score (nSPS) is 11.4. The highest BCUT2D eigenvalue weighted by atomic mass is 35.7. The molecule has 0 N–H and O–H groups in total. The number of halogens is 3. The molecule has 0 unspecified atom stereocenters. The maximum absolute atomic E-state index is 12.9. The maximum atomic E-state index is 12.9. The number of non-ortho nitro benzene ring substituents is 1. The van der Waals surface area contributed by atoms with E-state index in [-0.39, 0.29) is 6.07 Å². The minimum atomic E-state index is -4.56. The molecule has 0 aliphatic carbocycles. The molecular formula is C6H2ClF2NO4S. The molecule has 0 saturated heterocycles. The summed E-state index contributed by atoms with van der Waals surface area (Å²) in [5.74, 6) is -3.39. The van der Waals surface area contributed by atoms with E-state index in [0.717, 1.165) is 0 Å². The number of nitro groups is 1. The topological polar surface area (TPSA) is 77.3 Å². The monoisotopic (exact) mass is 257 g/mol. The Bertz CT molecular complexity index is 530. The summed E-state index contributed by atoms with van der Waals surface area (Å²) in [4.78, 5) is 7.91. The van der Waals surface area contributed by atoms with E-state index in [9.17, 15) is 27.3 Å². The Morgan fingerprint density at radius 1 is 1.33 bits per heavy atom. The Labute approximate surface area is 86.8 Å². The summed E-state index contributed by atoms with van der Waals surface area (Å²) < 4.78 is 47.0. The largest absolute Gasteiger partial charge is 0.273 e. The number of nitrogens with zero attached hydrogens (tertiary/aromatic N) is 1. The highest BCUT2D eigenvalue weighted by Gasteiger charge is 2.24. The summed E-state index contributed by atoms with van der Waals surface area (Å²) in [5.41, 5.74) is -0.895. The van der Waals surface area contributed by atoms with Crippen LogP contribution < -0.4 is 0 Å². The molecule has 5 nitrogen and oxygen atoms in total. The van der Waals surface area contributed by atoms with Crippen molar-refractivity contribution in [1.29, 1.82) is 0 Å². The van der Waals surface area contributed by atoms with E-state index >= 15 is 0 Å². The lowest BCUT2D eigenvalue weighted by Crippen LogP contribution is -2.01. The van der Waals surface area contributed by atoms with Crippen LogP contribution in [-0.2, 0) is 9.05 Å². The van der Waals surface area contributed by atoms with Gasteiger partial charge in [0.15, 0.2) is 11.6 Å². The number of hydrogen-bond acceptors (Lipinski definition) is 4. The quantitative estimate of drug-likeness (QED) is 0.460. The Morgan fingerprint density at radius 3 is 2.27 bits per heavy atom. The van der Waals surface area contributed by atoms with Gasteiger partial charge in [0.2, 0.25) is 0 Å². The second-order valence-electron chi connectivity index (χ2n) is 2.43. The number of nitro benzene ring substituents is 1. The Morgan fingerprint density at radius 2 is 1.87 bits per heavy atom. The van der Waals surface area contributed by atoms with Gasteiger partial charge in [0.1, 0.15) is 4.90 Å². The van der Waals surface area contributed by atoms with Crippen molar-refractivity contribution < 1.29 is 22.1 Å². The average Bonchev–Trinajstić information content (AvgIpc) is 2.06. The van der Waals surface area contributed by atoms with Crippen molar-refractivity contribution >= 4 is 25.4 Å². The standard InChI is InChI=1S/C6H2ClF2NO4S/c7-15(13,14)5-2-3(10(11)12)1-4(8)6(5)9/h1-2H. The van der Waals surface area contributed by atoms with Gasteiger partial charge in [-0.3, -0.25) is 10.1 Å². The molecule has 0 saturated carbocycles. The van der Waals surface area contributed by atoms with Gasteiger partial charge in [-0.1, -0.05) is 0 Å². The van der Waals surface area contributed by atoms with E-state index < -0.39 is 36.2 Å². The molecule has 9 heteroatoms. The van der Waals surface area contributed by atoms with Crippen molar-refractivity contribution in [3.63, 3.8) is 0 Å². The van der Waals surface area contributed by atoms with Crippen LogP contribution in [0.15, 0.2) is 17.0 Å². The zero-order valence-corrected chi connectivity index (χ0v) is 8.35. The number of hydrogen-bond donors (Lipinski definition) is 0. The molecule has 15 heavy (non-hydrogen) atoms. The van der Waals surface area contributed by atoms with Crippen LogP contribution in [0.1, 0.15) is 0 Å². The summed E-state index contributed by atoms with van der Waals surface area (Å²) in [5, 5.41) is 10.2. The van der Waals surface area contributed by atoms with Crippen LogP contribution in [0.3, 0.4) is 0 Å². The van der Waals surface area contributed by atoms with Crippen LogP contribution in [0.4, 0.5) is 14.5 Å². The summed E-state index contributed by atoms with van der Waals surface area (Å²) in [6, 6.07) is 0.613. The van der Waals surface area contributed by atoms with Gasteiger partial charge in [0, 0.05) is 16.7 Å². The van der Waals surface area contributed by atoms with Crippen molar-refractivity contribution in [2.45, 2.75) is 4.90 Å². The van der Waals surface area contributed by atoms with Crippen molar-refractivity contribution in [2.24, 2.45) is 0 Å². The van der Waals surface area contributed by atoms with Gasteiger partial charge in [-0.25, -0.2) is 17.2 Å². The first-order valence-corrected chi connectivity index (χ1v) is 5.62. The molecule has 0 aliphatic heterocycles. The van der Waals surface area contributed by atoms with Crippen molar-refractivity contribution in [1.82, 2.24) is 0 Å². The molecule has 0 aliphatic rings. The number of rotatable bonds is 2. The fourth-order valence-electron chi connectivity index (χ4n) is 0.833. The van der Waals surface area contributed by atoms with Gasteiger partial charge in [-0.05, 0) is 0 Å². The summed E-state index contributed by atoms with van der Waals surface area (Å²) in [7, 11) is 0.196. The minimum Gasteiger partial charge on any atom is -0.258 e. The summed E-state index contributed by atoms with van der Waals surface area (Å²) in [6.45, 7) is 0. The third kappa shape index (κ3) is 2.39. The summed E-state index contributed by atoms with van der Waals surface area (Å²) in [6.07, 6.45) is 0. The average molecular weight is 258 g/mol. The minimum absolute atomic E-state index is 0.265. The molecule has 0 amide bonds. The second-order valence-corrected chi connectivity index (χ2v) is 4.97. The fraction of sp³-hybridized carbons (Fsp3) is 0. The SMILES string of the molecule is O=[N+]([O-])c1cc(F)c(F)c(S(=O)(=O)Cl)c1. The Balaban J connectivity index is 3.59. The van der Waals surface area contributed by atoms with Crippen LogP contribution >= 0.6 is 10.7 Å². The molecule has 1 aromatic rings. The highest BCUT2D eigenvalue weighted by Crippen LogP contribution is 2.26. The van der Waals surface area contributed by atoms with Gasteiger partial charge in [0.25, 0.3) is 14.7 Å². The third-order valence-corrected chi connectivity index (χ3v) is 2.77. The van der Waals surface area contributed by atoms with E-state index in [1.54, 1.807) is 0 Å². The van der Waals surface area contributed by atoms with Crippen LogP contribution in [0.2, 0.25) is 0 Å². The second kappa shape index (κ2) is 3.70. The molecule has 0 atom stereocenters. The molecule has 0 bridgehead atoms. The van der Waals surface area contributed by atoms with Crippen LogP contribution in [-0.4, -0.2) is 13.3 Å². The van der Waals surface area contributed by atoms with Crippen molar-refractivity contribution in [2.75, 3.05) is 0 Å². The van der Waals surface area contributed by atoms with E-state index in [1.165, 1.54) is 0 Å². The Kier molecular flexibility index (Phi) is 2.91. The van der Waals surface area contributed by atoms with Gasteiger partial charge in [-0.15, -0.1) is 0 Å². The fourth-order valence-corrected chi connectivity index (χ4v) is 1.74. The van der Waals surface area contributed by atoms with Crippen LogP contribution in [0.25, 0.3) is 0 Å². The summed E-state index contributed by atoms with van der Waals surface area (Å²) >= 11 is 0. The van der Waals surface area contributed by atoms with E-state index in [0.29, 0.717) is 6.07 Å². The number of benzene rings is 1. The zero-order valence-electron chi connectivity index (χ0n) is 6.78. The predicted molar refractivity (Wildman–Crippen MR) is 46.1 cm³/mol. The van der Waals surface area contributed by atoms with Gasteiger partial charge in [-0.2, -0.15) is 0 Å². The molecule has 0 aromatic heterocycles. The zero-order chi connectivity index (χ0) is 11.8. The van der Waals surface area contributed by atoms with Crippen LogP contribution in [0.5, 0.6) is 0 Å². The molecule has 0 fully saturated rings. The third-order valence-electron chi connectivity index (χ3n) is 1.45. The molecule has 0 spiro atoms. The van der Waals surface area contributed by atoms with Gasteiger partial charge < -0.3 is 0 Å². The lowest BCUT2D eigenvalue weighted by molar-refractivity contribution is -0.385. The first kappa shape index (κ1) is 11.8. The van der Waals surface area contributed by atoms with E-state index in [4.69, 9.17) is 10.7 Å². The Hall–Kier alpha value is -1.28. The molecule has 82 valence electrons.